The van der Waals surface area contributed by atoms with Gasteiger partial charge in [0, 0.05) is 6.54 Å². The maximum atomic E-state index is 11.7. The Hall–Kier alpha value is -0.610. The molecule has 0 aromatic carbocycles. The lowest BCUT2D eigenvalue weighted by atomic mass is 9.94. The summed E-state index contributed by atoms with van der Waals surface area (Å²) in [6, 6.07) is 0.0173. The smallest absolute Gasteiger partial charge is 0.323 e. The van der Waals surface area contributed by atoms with E-state index in [1.807, 2.05) is 0 Å². The first-order valence-corrected chi connectivity index (χ1v) is 6.84. The van der Waals surface area contributed by atoms with Gasteiger partial charge in [0.05, 0.1) is 7.11 Å². The van der Waals surface area contributed by atoms with Crippen LogP contribution in [0.1, 0.15) is 32.1 Å². The third-order valence-corrected chi connectivity index (χ3v) is 4.04. The Kier molecular flexibility index (Phi) is 4.80. The fraction of sp³-hybridized carbons (Fsp3) is 0.923. The molecule has 0 saturated carbocycles. The fourth-order valence-electron chi connectivity index (χ4n) is 3.01. The molecule has 0 spiro atoms. The second kappa shape index (κ2) is 6.36. The highest BCUT2D eigenvalue weighted by atomic mass is 16.5. The minimum atomic E-state index is -0.0429. The van der Waals surface area contributed by atoms with E-state index in [2.05, 4.69) is 10.2 Å². The van der Waals surface area contributed by atoms with E-state index < -0.39 is 0 Å². The molecule has 4 heteroatoms. The SMILES string of the molecule is COC(=O)[C@H]1CCCCN1CC1CCNCC1. The molecule has 17 heavy (non-hydrogen) atoms. The van der Waals surface area contributed by atoms with E-state index in [4.69, 9.17) is 4.74 Å². The predicted octanol–water partition coefficient (Wildman–Crippen LogP) is 1.01. The number of esters is 1. The molecular weight excluding hydrogens is 216 g/mol. The minimum absolute atomic E-state index is 0.0173. The zero-order valence-corrected chi connectivity index (χ0v) is 10.8. The molecule has 1 atom stereocenters. The summed E-state index contributed by atoms with van der Waals surface area (Å²) in [5.41, 5.74) is 0. The number of carbonyl (C=O) groups is 1. The van der Waals surface area contributed by atoms with Gasteiger partial charge >= 0.3 is 5.97 Å². The topological polar surface area (TPSA) is 41.6 Å². The molecule has 2 rings (SSSR count). The number of ether oxygens (including phenoxy) is 1. The Morgan fingerprint density at radius 1 is 1.29 bits per heavy atom. The average molecular weight is 240 g/mol. The van der Waals surface area contributed by atoms with Crippen molar-refractivity contribution in [2.24, 2.45) is 5.92 Å². The highest BCUT2D eigenvalue weighted by Gasteiger charge is 2.31. The van der Waals surface area contributed by atoms with Crippen molar-refractivity contribution < 1.29 is 9.53 Å². The van der Waals surface area contributed by atoms with Crippen LogP contribution in [0.25, 0.3) is 0 Å². The fourth-order valence-corrected chi connectivity index (χ4v) is 3.01. The molecule has 0 aromatic heterocycles. The third kappa shape index (κ3) is 3.42. The molecule has 0 aromatic rings. The van der Waals surface area contributed by atoms with Crippen molar-refractivity contribution in [2.45, 2.75) is 38.1 Å². The summed E-state index contributed by atoms with van der Waals surface area (Å²) in [7, 11) is 1.50. The summed E-state index contributed by atoms with van der Waals surface area (Å²) in [5.74, 6) is 0.708. The lowest BCUT2D eigenvalue weighted by molar-refractivity contribution is -0.148. The number of nitrogens with one attached hydrogen (secondary N) is 1. The van der Waals surface area contributed by atoms with Gasteiger partial charge in [0.1, 0.15) is 6.04 Å². The lowest BCUT2D eigenvalue weighted by Gasteiger charge is -2.37. The molecule has 2 aliphatic rings. The van der Waals surface area contributed by atoms with Crippen LogP contribution in [0.5, 0.6) is 0 Å². The van der Waals surface area contributed by atoms with Crippen molar-refractivity contribution in [3.8, 4) is 0 Å². The Bertz CT molecular complexity index is 252. The number of hydrogen-bond donors (Lipinski definition) is 1. The molecule has 2 heterocycles. The van der Waals surface area contributed by atoms with Gasteiger partial charge in [0.2, 0.25) is 0 Å². The van der Waals surface area contributed by atoms with Gasteiger partial charge in [-0.15, -0.1) is 0 Å². The Balaban J connectivity index is 1.88. The molecule has 0 amide bonds. The van der Waals surface area contributed by atoms with Crippen molar-refractivity contribution in [2.75, 3.05) is 33.3 Å². The molecule has 1 N–H and O–H groups in total. The molecule has 0 radical (unpaired) electrons. The summed E-state index contributed by atoms with van der Waals surface area (Å²) in [6.07, 6.45) is 5.83. The van der Waals surface area contributed by atoms with Gasteiger partial charge in [-0.3, -0.25) is 9.69 Å². The van der Waals surface area contributed by atoms with Crippen LogP contribution in [0.4, 0.5) is 0 Å². The molecule has 0 bridgehead atoms. The first-order valence-electron chi connectivity index (χ1n) is 6.84. The molecule has 2 fully saturated rings. The first-order chi connectivity index (χ1) is 8.31. The monoisotopic (exact) mass is 240 g/mol. The largest absolute Gasteiger partial charge is 0.468 e. The lowest BCUT2D eigenvalue weighted by Crippen LogP contribution is -2.48. The second-order valence-electron chi connectivity index (χ2n) is 5.22. The van der Waals surface area contributed by atoms with E-state index in [0.717, 1.165) is 44.9 Å². The quantitative estimate of drug-likeness (QED) is 0.748. The van der Waals surface area contributed by atoms with Crippen LogP contribution in [0, 0.1) is 5.92 Å². The van der Waals surface area contributed by atoms with Gasteiger partial charge in [0.15, 0.2) is 0 Å². The van der Waals surface area contributed by atoms with Crippen LogP contribution in [-0.2, 0) is 9.53 Å². The number of methoxy groups -OCH3 is 1. The van der Waals surface area contributed by atoms with Crippen LogP contribution < -0.4 is 5.32 Å². The van der Waals surface area contributed by atoms with Crippen LogP contribution in [0.15, 0.2) is 0 Å². The van der Waals surface area contributed by atoms with Gasteiger partial charge in [0.25, 0.3) is 0 Å². The predicted molar refractivity (Wildman–Crippen MR) is 66.8 cm³/mol. The summed E-state index contributed by atoms with van der Waals surface area (Å²) in [4.78, 5) is 14.1. The second-order valence-corrected chi connectivity index (χ2v) is 5.22. The van der Waals surface area contributed by atoms with Crippen molar-refractivity contribution in [3.63, 3.8) is 0 Å². The molecular formula is C13H24N2O2. The molecule has 98 valence electrons. The Morgan fingerprint density at radius 3 is 2.76 bits per heavy atom. The van der Waals surface area contributed by atoms with E-state index in [9.17, 15) is 4.79 Å². The normalized spacial score (nSPS) is 27.9. The van der Waals surface area contributed by atoms with Crippen LogP contribution >= 0.6 is 0 Å². The summed E-state index contributed by atoms with van der Waals surface area (Å²) in [5, 5.41) is 3.39. The number of piperidine rings is 2. The minimum Gasteiger partial charge on any atom is -0.468 e. The van der Waals surface area contributed by atoms with E-state index in [1.54, 1.807) is 0 Å². The van der Waals surface area contributed by atoms with Crippen LogP contribution in [0.2, 0.25) is 0 Å². The zero-order chi connectivity index (χ0) is 12.1. The van der Waals surface area contributed by atoms with Crippen molar-refractivity contribution in [3.05, 3.63) is 0 Å². The number of rotatable bonds is 3. The van der Waals surface area contributed by atoms with E-state index >= 15 is 0 Å². The number of hydrogen-bond acceptors (Lipinski definition) is 4. The van der Waals surface area contributed by atoms with Gasteiger partial charge in [-0.2, -0.15) is 0 Å². The average Bonchev–Trinajstić information content (AvgIpc) is 2.40. The molecule has 0 aliphatic carbocycles. The number of nitrogens with zero attached hydrogens (tertiary/aromatic N) is 1. The molecule has 0 unspecified atom stereocenters. The third-order valence-electron chi connectivity index (χ3n) is 4.04. The van der Waals surface area contributed by atoms with Gasteiger partial charge in [-0.25, -0.2) is 0 Å². The van der Waals surface area contributed by atoms with E-state index in [0.29, 0.717) is 0 Å². The van der Waals surface area contributed by atoms with Crippen molar-refractivity contribution in [1.29, 1.82) is 0 Å². The van der Waals surface area contributed by atoms with Crippen LogP contribution in [0.3, 0.4) is 0 Å². The standard InChI is InChI=1S/C13H24N2O2/c1-17-13(16)12-4-2-3-9-15(12)10-11-5-7-14-8-6-11/h11-12,14H,2-10H2,1H3/t12-/m1/s1. The molecule has 2 saturated heterocycles. The summed E-state index contributed by atoms with van der Waals surface area (Å²) < 4.78 is 4.92. The van der Waals surface area contributed by atoms with Crippen molar-refractivity contribution in [1.82, 2.24) is 10.2 Å². The number of likely N-dealkylation sites (tertiary alicyclic amines) is 1. The van der Waals surface area contributed by atoms with Gasteiger partial charge in [-0.1, -0.05) is 6.42 Å². The number of carbonyl (C=O) groups excluding carboxylic acids is 1. The molecule has 4 nitrogen and oxygen atoms in total. The zero-order valence-electron chi connectivity index (χ0n) is 10.8. The van der Waals surface area contributed by atoms with E-state index in [-0.39, 0.29) is 12.0 Å². The van der Waals surface area contributed by atoms with Gasteiger partial charge < -0.3 is 10.1 Å². The highest BCUT2D eigenvalue weighted by Crippen LogP contribution is 2.22. The summed E-state index contributed by atoms with van der Waals surface area (Å²) >= 11 is 0. The van der Waals surface area contributed by atoms with Gasteiger partial charge in [-0.05, 0) is 51.2 Å². The summed E-state index contributed by atoms with van der Waals surface area (Å²) in [6.45, 7) is 4.38. The Morgan fingerprint density at radius 2 is 2.06 bits per heavy atom. The Labute approximate surface area is 104 Å². The first kappa shape index (κ1) is 12.8. The maximum Gasteiger partial charge on any atom is 0.323 e. The highest BCUT2D eigenvalue weighted by molar-refractivity contribution is 5.75. The maximum absolute atomic E-state index is 11.7. The van der Waals surface area contributed by atoms with Crippen LogP contribution in [-0.4, -0.2) is 50.2 Å². The molecule has 2 aliphatic heterocycles. The van der Waals surface area contributed by atoms with E-state index in [1.165, 1.54) is 26.4 Å². The van der Waals surface area contributed by atoms with Crippen molar-refractivity contribution >= 4 is 5.97 Å².